The first-order chi connectivity index (χ1) is 14.0. The summed E-state index contributed by atoms with van der Waals surface area (Å²) in [7, 11) is 0. The molecular formula is C21H17BrClNO3S2. The predicted octanol–water partition coefficient (Wildman–Crippen LogP) is 5.95. The van der Waals surface area contributed by atoms with Gasteiger partial charge in [-0.25, -0.2) is 0 Å². The summed E-state index contributed by atoms with van der Waals surface area (Å²) in [6.07, 6.45) is 3.44. The maximum absolute atomic E-state index is 12.6. The number of carbonyl (C=O) groups excluding carboxylic acids is 1. The highest BCUT2D eigenvalue weighted by Crippen LogP contribution is 2.35. The summed E-state index contributed by atoms with van der Waals surface area (Å²) in [5, 5.41) is 0.554. The van der Waals surface area contributed by atoms with Gasteiger partial charge in [0, 0.05) is 16.6 Å². The molecule has 1 amide bonds. The van der Waals surface area contributed by atoms with Crippen LogP contribution in [0, 0.1) is 0 Å². The van der Waals surface area contributed by atoms with Crippen molar-refractivity contribution in [2.45, 2.75) is 0 Å². The average Bonchev–Trinajstić information content (AvgIpc) is 2.95. The van der Waals surface area contributed by atoms with Crippen LogP contribution in [0.4, 0.5) is 0 Å². The molecule has 4 nitrogen and oxygen atoms in total. The van der Waals surface area contributed by atoms with Gasteiger partial charge in [0.05, 0.1) is 9.93 Å². The number of hydrogen-bond acceptors (Lipinski definition) is 5. The van der Waals surface area contributed by atoms with Crippen LogP contribution in [0.2, 0.25) is 5.02 Å². The third-order valence-electron chi connectivity index (χ3n) is 3.88. The third-order valence-corrected chi connectivity index (χ3v) is 6.06. The van der Waals surface area contributed by atoms with Gasteiger partial charge in [-0.1, -0.05) is 69.7 Å². The van der Waals surface area contributed by atoms with Crippen molar-refractivity contribution in [3.63, 3.8) is 0 Å². The molecule has 2 aromatic carbocycles. The molecule has 0 atom stereocenters. The van der Waals surface area contributed by atoms with Gasteiger partial charge >= 0.3 is 0 Å². The lowest BCUT2D eigenvalue weighted by atomic mass is 10.2. The molecule has 8 heteroatoms. The van der Waals surface area contributed by atoms with Crippen molar-refractivity contribution in [2.24, 2.45) is 0 Å². The molecule has 1 fully saturated rings. The van der Waals surface area contributed by atoms with Crippen molar-refractivity contribution < 1.29 is 14.3 Å². The van der Waals surface area contributed by atoms with Gasteiger partial charge in [0.25, 0.3) is 5.91 Å². The lowest BCUT2D eigenvalue weighted by Gasteiger charge is -2.12. The van der Waals surface area contributed by atoms with E-state index in [0.717, 1.165) is 10.0 Å². The summed E-state index contributed by atoms with van der Waals surface area (Å²) in [4.78, 5) is 14.6. The zero-order chi connectivity index (χ0) is 20.8. The topological polar surface area (TPSA) is 38.8 Å². The quantitative estimate of drug-likeness (QED) is 0.190. The van der Waals surface area contributed by atoms with E-state index in [0.29, 0.717) is 45.5 Å². The number of thiocarbonyl (C=S) groups is 1. The highest BCUT2D eigenvalue weighted by atomic mass is 79.9. The Balaban J connectivity index is 1.70. The van der Waals surface area contributed by atoms with Crippen LogP contribution in [-0.2, 0) is 4.79 Å². The zero-order valence-corrected chi connectivity index (χ0v) is 19.2. The minimum atomic E-state index is -0.132. The molecule has 3 rings (SSSR count). The van der Waals surface area contributed by atoms with E-state index in [4.69, 9.17) is 33.3 Å². The second-order valence-corrected chi connectivity index (χ2v) is 8.89. The maximum atomic E-state index is 12.6. The van der Waals surface area contributed by atoms with E-state index in [-0.39, 0.29) is 5.91 Å². The molecule has 2 aromatic rings. The van der Waals surface area contributed by atoms with Crippen molar-refractivity contribution in [2.75, 3.05) is 19.8 Å². The molecule has 0 aliphatic carbocycles. The Morgan fingerprint density at radius 1 is 1.17 bits per heavy atom. The van der Waals surface area contributed by atoms with Crippen molar-refractivity contribution in [3.8, 4) is 11.5 Å². The van der Waals surface area contributed by atoms with Crippen LogP contribution in [-0.4, -0.2) is 34.9 Å². The summed E-state index contributed by atoms with van der Waals surface area (Å²) >= 11 is 16.1. The molecule has 1 saturated heterocycles. The number of ether oxygens (including phenoxy) is 2. The van der Waals surface area contributed by atoms with E-state index in [1.165, 1.54) is 16.7 Å². The number of para-hydroxylation sites is 1. The Morgan fingerprint density at radius 3 is 2.62 bits per heavy atom. The van der Waals surface area contributed by atoms with E-state index in [1.807, 2.05) is 30.3 Å². The highest BCUT2D eigenvalue weighted by molar-refractivity contribution is 9.10. The van der Waals surface area contributed by atoms with Crippen molar-refractivity contribution in [1.82, 2.24) is 4.90 Å². The summed E-state index contributed by atoms with van der Waals surface area (Å²) in [5.74, 6) is 1.12. The fourth-order valence-electron chi connectivity index (χ4n) is 2.56. The molecule has 0 unspecified atom stereocenters. The van der Waals surface area contributed by atoms with Crippen LogP contribution in [0.15, 0.2) is 64.5 Å². The third kappa shape index (κ3) is 5.63. The highest BCUT2D eigenvalue weighted by Gasteiger charge is 2.31. The van der Waals surface area contributed by atoms with E-state index >= 15 is 0 Å². The van der Waals surface area contributed by atoms with Crippen LogP contribution in [0.5, 0.6) is 11.5 Å². The Hall–Kier alpha value is -1.80. The summed E-state index contributed by atoms with van der Waals surface area (Å²) < 4.78 is 12.9. The number of amides is 1. The van der Waals surface area contributed by atoms with Gasteiger partial charge in [0.1, 0.15) is 29.0 Å². The molecule has 1 heterocycles. The molecule has 0 spiro atoms. The number of benzene rings is 2. The molecule has 0 aromatic heterocycles. The first-order valence-electron chi connectivity index (χ1n) is 8.65. The number of hydrogen-bond donors (Lipinski definition) is 0. The number of nitrogens with zero attached hydrogens (tertiary/aromatic N) is 1. The first kappa shape index (κ1) is 21.9. The standard InChI is InChI=1S/C21H17BrClNO3S2/c1-2-9-24-20(25)19(29-21(24)28)13-14-12-15(22)7-8-17(14)26-10-11-27-18-6-4-3-5-16(18)23/h2-8,12-13H,1,9-11H2/b19-13-. The van der Waals surface area contributed by atoms with E-state index in [9.17, 15) is 4.79 Å². The van der Waals surface area contributed by atoms with Crippen LogP contribution in [0.3, 0.4) is 0 Å². The van der Waals surface area contributed by atoms with Crippen LogP contribution in [0.1, 0.15) is 5.56 Å². The van der Waals surface area contributed by atoms with Gasteiger partial charge in [-0.15, -0.1) is 6.58 Å². The molecule has 0 N–H and O–H groups in total. The summed E-state index contributed by atoms with van der Waals surface area (Å²) in [6.45, 7) is 4.72. The molecule has 150 valence electrons. The number of halogens is 2. The van der Waals surface area contributed by atoms with Gasteiger partial charge in [0.2, 0.25) is 0 Å². The van der Waals surface area contributed by atoms with E-state index in [2.05, 4.69) is 22.5 Å². The lowest BCUT2D eigenvalue weighted by molar-refractivity contribution is -0.121. The number of carbonyl (C=O) groups is 1. The Morgan fingerprint density at radius 2 is 1.90 bits per heavy atom. The van der Waals surface area contributed by atoms with Crippen LogP contribution < -0.4 is 9.47 Å². The van der Waals surface area contributed by atoms with Gasteiger partial charge in [-0.2, -0.15) is 0 Å². The Kier molecular flexibility index (Phi) is 7.77. The molecular weight excluding hydrogens is 494 g/mol. The van der Waals surface area contributed by atoms with Crippen LogP contribution in [0.25, 0.3) is 6.08 Å². The van der Waals surface area contributed by atoms with Crippen molar-refractivity contribution >= 4 is 67.8 Å². The second kappa shape index (κ2) is 10.3. The molecule has 0 bridgehead atoms. The minimum absolute atomic E-state index is 0.132. The molecule has 1 aliphatic rings. The Labute approximate surface area is 192 Å². The molecule has 1 aliphatic heterocycles. The average molecular weight is 511 g/mol. The van der Waals surface area contributed by atoms with Gasteiger partial charge in [-0.05, 0) is 36.4 Å². The van der Waals surface area contributed by atoms with Gasteiger partial charge in [-0.3, -0.25) is 9.69 Å². The van der Waals surface area contributed by atoms with E-state index < -0.39 is 0 Å². The first-order valence-corrected chi connectivity index (χ1v) is 11.0. The van der Waals surface area contributed by atoms with Gasteiger partial charge < -0.3 is 9.47 Å². The predicted molar refractivity (Wildman–Crippen MR) is 127 cm³/mol. The van der Waals surface area contributed by atoms with E-state index in [1.54, 1.807) is 24.3 Å². The SMILES string of the molecule is C=CCN1C(=O)/C(=C/c2cc(Br)ccc2OCCOc2ccccc2Cl)SC1=S. The normalized spacial score (nSPS) is 15.1. The van der Waals surface area contributed by atoms with Crippen molar-refractivity contribution in [3.05, 3.63) is 75.1 Å². The van der Waals surface area contributed by atoms with Gasteiger partial charge in [0.15, 0.2) is 0 Å². The molecule has 0 radical (unpaired) electrons. The monoisotopic (exact) mass is 509 g/mol. The maximum Gasteiger partial charge on any atom is 0.266 e. The molecule has 29 heavy (non-hydrogen) atoms. The smallest absolute Gasteiger partial charge is 0.266 e. The summed E-state index contributed by atoms with van der Waals surface area (Å²) in [6, 6.07) is 12.9. The largest absolute Gasteiger partial charge is 0.489 e. The minimum Gasteiger partial charge on any atom is -0.489 e. The summed E-state index contributed by atoms with van der Waals surface area (Å²) in [5.41, 5.74) is 0.774. The Bertz CT molecular complexity index is 980. The zero-order valence-electron chi connectivity index (χ0n) is 15.3. The molecule has 0 saturated carbocycles. The second-order valence-electron chi connectivity index (χ2n) is 5.89. The number of thioether (sulfide) groups is 1. The fourth-order valence-corrected chi connectivity index (χ4v) is 4.39. The number of rotatable bonds is 8. The lowest BCUT2D eigenvalue weighted by Crippen LogP contribution is -2.27. The van der Waals surface area contributed by atoms with Crippen molar-refractivity contribution in [1.29, 1.82) is 0 Å². The fraction of sp³-hybridized carbons (Fsp3) is 0.143. The van der Waals surface area contributed by atoms with Crippen LogP contribution >= 0.6 is 51.5 Å².